The van der Waals surface area contributed by atoms with Gasteiger partial charge in [0.2, 0.25) is 11.8 Å². The molecule has 0 fully saturated rings. The first-order chi connectivity index (χ1) is 12.1. The summed E-state index contributed by atoms with van der Waals surface area (Å²) in [7, 11) is 0. The van der Waals surface area contributed by atoms with E-state index in [1.165, 1.54) is 12.1 Å². The highest BCUT2D eigenvalue weighted by Gasteiger charge is 2.12. The van der Waals surface area contributed by atoms with Crippen molar-refractivity contribution in [3.05, 3.63) is 70.8 Å². The highest BCUT2D eigenvalue weighted by Crippen LogP contribution is 2.21. The second-order valence-electron chi connectivity index (χ2n) is 5.09. The molecule has 0 aliphatic carbocycles. The Kier molecular flexibility index (Phi) is 5.67. The lowest BCUT2D eigenvalue weighted by Crippen LogP contribution is -2.15. The van der Waals surface area contributed by atoms with Gasteiger partial charge >= 0.3 is 0 Å². The summed E-state index contributed by atoms with van der Waals surface area (Å²) in [5.41, 5.74) is 1.13. The summed E-state index contributed by atoms with van der Waals surface area (Å²) in [6.45, 7) is 0. The van der Waals surface area contributed by atoms with Crippen molar-refractivity contribution in [3.8, 4) is 0 Å². The van der Waals surface area contributed by atoms with Gasteiger partial charge in [0.15, 0.2) is 0 Å². The summed E-state index contributed by atoms with van der Waals surface area (Å²) in [5, 5.41) is 10.9. The van der Waals surface area contributed by atoms with Gasteiger partial charge in [-0.3, -0.25) is 4.79 Å². The Hall–Kier alpha value is -2.38. The first kappa shape index (κ1) is 17.4. The van der Waals surface area contributed by atoms with Crippen LogP contribution in [0.3, 0.4) is 0 Å². The molecule has 1 N–H and O–H groups in total. The van der Waals surface area contributed by atoms with Gasteiger partial charge in [0.1, 0.15) is 5.82 Å². The Bertz CT molecular complexity index is 873. The van der Waals surface area contributed by atoms with Crippen LogP contribution in [0.1, 0.15) is 11.5 Å². The smallest absolute Gasteiger partial charge is 0.277 e. The Balaban J connectivity index is 1.52. The number of aromatic nitrogens is 2. The van der Waals surface area contributed by atoms with Crippen molar-refractivity contribution in [2.45, 2.75) is 11.6 Å². The number of nitrogens with one attached hydrogen (secondary N) is 1. The van der Waals surface area contributed by atoms with Crippen molar-refractivity contribution in [3.63, 3.8) is 0 Å². The highest BCUT2D eigenvalue weighted by atomic mass is 35.5. The molecule has 5 nitrogen and oxygen atoms in total. The first-order valence-corrected chi connectivity index (χ1v) is 8.70. The van der Waals surface area contributed by atoms with E-state index in [0.717, 1.165) is 23.4 Å². The molecule has 0 atom stereocenters. The predicted octanol–water partition coefficient (Wildman–Crippen LogP) is 4.18. The fraction of sp³-hybridized carbons (Fsp3) is 0.118. The molecular weight excluding hydrogens is 365 g/mol. The third kappa shape index (κ3) is 5.04. The highest BCUT2D eigenvalue weighted by molar-refractivity contribution is 7.99. The fourth-order valence-corrected chi connectivity index (χ4v) is 2.78. The van der Waals surface area contributed by atoms with Gasteiger partial charge < -0.3 is 9.73 Å². The van der Waals surface area contributed by atoms with E-state index in [-0.39, 0.29) is 27.6 Å². The molecule has 3 aromatic rings. The molecule has 25 heavy (non-hydrogen) atoms. The number of hydrogen-bond acceptors (Lipinski definition) is 5. The number of anilines is 1. The molecule has 128 valence electrons. The molecular formula is C17H13ClFN3O2S. The molecule has 1 aromatic heterocycles. The summed E-state index contributed by atoms with van der Waals surface area (Å²) in [6, 6.07) is 13.8. The zero-order valence-corrected chi connectivity index (χ0v) is 14.5. The van der Waals surface area contributed by atoms with Gasteiger partial charge in [-0.05, 0) is 23.8 Å². The largest absolute Gasteiger partial charge is 0.416 e. The summed E-state index contributed by atoms with van der Waals surface area (Å²) < 4.78 is 19.1. The quantitative estimate of drug-likeness (QED) is 0.652. The van der Waals surface area contributed by atoms with Crippen LogP contribution in [0.15, 0.2) is 58.2 Å². The van der Waals surface area contributed by atoms with Crippen LogP contribution in [-0.2, 0) is 11.2 Å². The number of thioether (sulfide) groups is 1. The van der Waals surface area contributed by atoms with Gasteiger partial charge in [-0.1, -0.05) is 53.7 Å². The molecule has 0 aliphatic heterocycles. The van der Waals surface area contributed by atoms with E-state index in [9.17, 15) is 9.18 Å². The Morgan fingerprint density at radius 2 is 2.00 bits per heavy atom. The zero-order chi connectivity index (χ0) is 17.6. The van der Waals surface area contributed by atoms with Crippen LogP contribution in [0.25, 0.3) is 0 Å². The Morgan fingerprint density at radius 1 is 1.20 bits per heavy atom. The fourth-order valence-electron chi connectivity index (χ4n) is 2.04. The second-order valence-corrected chi connectivity index (χ2v) is 6.45. The molecule has 0 bridgehead atoms. The minimum Gasteiger partial charge on any atom is -0.416 e. The summed E-state index contributed by atoms with van der Waals surface area (Å²) >= 11 is 6.76. The van der Waals surface area contributed by atoms with Gasteiger partial charge in [-0.2, -0.15) is 0 Å². The molecule has 8 heteroatoms. The molecule has 0 radical (unpaired) electrons. The van der Waals surface area contributed by atoms with Gasteiger partial charge in [0.05, 0.1) is 17.9 Å². The van der Waals surface area contributed by atoms with Crippen molar-refractivity contribution >= 4 is 35.0 Å². The molecule has 2 aromatic carbocycles. The molecule has 1 heterocycles. The average molecular weight is 378 g/mol. The number of nitrogens with zero attached hydrogens (tertiary/aromatic N) is 2. The minimum absolute atomic E-state index is 0.0229. The number of amides is 1. The van der Waals surface area contributed by atoms with E-state index in [2.05, 4.69) is 15.5 Å². The van der Waals surface area contributed by atoms with Crippen LogP contribution in [0.4, 0.5) is 10.1 Å². The van der Waals surface area contributed by atoms with E-state index in [0.29, 0.717) is 12.3 Å². The SMILES string of the molecule is O=C(CSc1nnc(Cc2ccccc2)o1)Nc1ccc(Cl)cc1F. The standard InChI is InChI=1S/C17H13ClFN3O2S/c18-12-6-7-14(13(19)9-12)20-15(23)10-25-17-22-21-16(24-17)8-11-4-2-1-3-5-11/h1-7,9H,8,10H2,(H,20,23). The van der Waals surface area contributed by atoms with Crippen LogP contribution in [0.2, 0.25) is 5.02 Å². The van der Waals surface area contributed by atoms with Crippen LogP contribution in [0.5, 0.6) is 0 Å². The molecule has 3 rings (SSSR count). The Morgan fingerprint density at radius 3 is 2.76 bits per heavy atom. The number of halogens is 2. The van der Waals surface area contributed by atoms with Crippen molar-refractivity contribution in [1.82, 2.24) is 10.2 Å². The van der Waals surface area contributed by atoms with Gasteiger partial charge in [0.25, 0.3) is 5.22 Å². The van der Waals surface area contributed by atoms with Crippen LogP contribution in [-0.4, -0.2) is 21.9 Å². The number of carbonyl (C=O) groups is 1. The number of rotatable bonds is 6. The van der Waals surface area contributed by atoms with Gasteiger partial charge in [-0.15, -0.1) is 10.2 Å². The monoisotopic (exact) mass is 377 g/mol. The molecule has 0 unspecified atom stereocenters. The summed E-state index contributed by atoms with van der Waals surface area (Å²) in [4.78, 5) is 11.9. The van der Waals surface area contributed by atoms with Crippen LogP contribution >= 0.6 is 23.4 Å². The lowest BCUT2D eigenvalue weighted by atomic mass is 10.2. The Labute approximate surface area is 152 Å². The van der Waals surface area contributed by atoms with E-state index in [1.807, 2.05) is 30.3 Å². The molecule has 0 saturated heterocycles. The van der Waals surface area contributed by atoms with Gasteiger partial charge in [-0.25, -0.2) is 4.39 Å². The minimum atomic E-state index is -0.589. The third-order valence-electron chi connectivity index (χ3n) is 3.18. The second kappa shape index (κ2) is 8.13. The van der Waals surface area contributed by atoms with E-state index in [4.69, 9.17) is 16.0 Å². The van der Waals surface area contributed by atoms with Crippen molar-refractivity contribution in [2.75, 3.05) is 11.1 Å². The molecule has 0 saturated carbocycles. The van der Waals surface area contributed by atoms with Gasteiger partial charge in [0, 0.05) is 5.02 Å². The number of carbonyl (C=O) groups excluding carboxylic acids is 1. The lowest BCUT2D eigenvalue weighted by molar-refractivity contribution is -0.113. The topological polar surface area (TPSA) is 68.0 Å². The maximum absolute atomic E-state index is 13.6. The molecule has 1 amide bonds. The third-order valence-corrected chi connectivity index (χ3v) is 4.23. The molecule has 0 spiro atoms. The van der Waals surface area contributed by atoms with E-state index < -0.39 is 5.82 Å². The maximum Gasteiger partial charge on any atom is 0.277 e. The van der Waals surface area contributed by atoms with Crippen molar-refractivity contribution in [2.24, 2.45) is 0 Å². The number of benzene rings is 2. The summed E-state index contributed by atoms with van der Waals surface area (Å²) in [6.07, 6.45) is 0.524. The zero-order valence-electron chi connectivity index (χ0n) is 12.9. The lowest BCUT2D eigenvalue weighted by Gasteiger charge is -2.05. The van der Waals surface area contributed by atoms with Crippen molar-refractivity contribution < 1.29 is 13.6 Å². The normalized spacial score (nSPS) is 10.6. The van der Waals surface area contributed by atoms with Crippen LogP contribution < -0.4 is 5.32 Å². The maximum atomic E-state index is 13.6. The summed E-state index contributed by atoms with van der Waals surface area (Å²) in [5.74, 6) is -0.477. The van der Waals surface area contributed by atoms with Crippen molar-refractivity contribution in [1.29, 1.82) is 0 Å². The van der Waals surface area contributed by atoms with E-state index in [1.54, 1.807) is 0 Å². The average Bonchev–Trinajstić information content (AvgIpc) is 3.04. The predicted molar refractivity (Wildman–Crippen MR) is 94.3 cm³/mol. The van der Waals surface area contributed by atoms with E-state index >= 15 is 0 Å². The molecule has 0 aliphatic rings. The first-order valence-electron chi connectivity index (χ1n) is 7.34. The van der Waals surface area contributed by atoms with Crippen LogP contribution in [0, 0.1) is 5.82 Å². The number of hydrogen-bond donors (Lipinski definition) is 1.